The Morgan fingerprint density at radius 2 is 2.13 bits per heavy atom. The molecule has 0 aliphatic carbocycles. The number of carbonyl (C=O) groups excluding carboxylic acids is 1. The normalized spacial score (nSPS) is 26.7. The van der Waals surface area contributed by atoms with Crippen molar-refractivity contribution in [1.82, 2.24) is 5.32 Å². The third-order valence-corrected chi connectivity index (χ3v) is 4.07. The van der Waals surface area contributed by atoms with Crippen LogP contribution >= 0.6 is 15.9 Å². The van der Waals surface area contributed by atoms with E-state index in [-0.39, 0.29) is 22.4 Å². The van der Waals surface area contributed by atoms with Crippen molar-refractivity contribution in [1.29, 1.82) is 0 Å². The van der Waals surface area contributed by atoms with Gasteiger partial charge in [-0.25, -0.2) is 0 Å². The minimum absolute atomic E-state index is 0.0660. The number of nitrogens with one attached hydrogen (secondary N) is 1. The van der Waals surface area contributed by atoms with Crippen LogP contribution in [0.25, 0.3) is 0 Å². The minimum atomic E-state index is -0.110. The van der Waals surface area contributed by atoms with Crippen LogP contribution in [-0.2, 0) is 9.53 Å². The average Bonchev–Trinajstić information content (AvgIpc) is 2.43. The monoisotopic (exact) mass is 277 g/mol. The molecule has 3 nitrogen and oxygen atoms in total. The summed E-state index contributed by atoms with van der Waals surface area (Å²) in [4.78, 5) is 11.6. The molecule has 0 aromatic carbocycles. The van der Waals surface area contributed by atoms with Crippen LogP contribution in [0.1, 0.15) is 34.1 Å². The second-order valence-electron chi connectivity index (χ2n) is 5.13. The van der Waals surface area contributed by atoms with Crippen LogP contribution in [0.4, 0.5) is 0 Å². The third-order valence-electron chi connectivity index (χ3n) is 2.60. The predicted molar refractivity (Wildman–Crippen MR) is 64.1 cm³/mol. The average molecular weight is 278 g/mol. The highest BCUT2D eigenvalue weighted by molar-refractivity contribution is 9.10. The Labute approximate surface area is 100 Å². The van der Waals surface area contributed by atoms with Gasteiger partial charge in [0.05, 0.1) is 23.1 Å². The molecule has 2 unspecified atom stereocenters. The maximum absolute atomic E-state index is 11.7. The van der Waals surface area contributed by atoms with Crippen molar-refractivity contribution in [2.75, 3.05) is 6.61 Å². The van der Waals surface area contributed by atoms with Crippen LogP contribution in [0, 0.1) is 5.92 Å². The Kier molecular flexibility index (Phi) is 4.18. The van der Waals surface area contributed by atoms with Gasteiger partial charge in [-0.2, -0.15) is 0 Å². The van der Waals surface area contributed by atoms with Crippen LogP contribution in [-0.4, -0.2) is 29.0 Å². The molecule has 15 heavy (non-hydrogen) atoms. The van der Waals surface area contributed by atoms with Crippen LogP contribution in [0.3, 0.4) is 0 Å². The van der Waals surface area contributed by atoms with E-state index in [2.05, 4.69) is 21.2 Å². The van der Waals surface area contributed by atoms with Gasteiger partial charge in [0.15, 0.2) is 0 Å². The first-order valence-corrected chi connectivity index (χ1v) is 6.32. The summed E-state index contributed by atoms with van der Waals surface area (Å²) in [6.07, 6.45) is 0.885. The Morgan fingerprint density at radius 3 is 2.53 bits per heavy atom. The molecule has 0 bridgehead atoms. The summed E-state index contributed by atoms with van der Waals surface area (Å²) >= 11 is 3.39. The molecule has 1 N–H and O–H groups in total. The molecule has 1 rings (SSSR count). The molecule has 2 atom stereocenters. The van der Waals surface area contributed by atoms with Gasteiger partial charge >= 0.3 is 0 Å². The zero-order chi connectivity index (χ0) is 11.6. The molecule has 0 radical (unpaired) electrons. The van der Waals surface area contributed by atoms with E-state index < -0.39 is 0 Å². The molecule has 88 valence electrons. The van der Waals surface area contributed by atoms with Crippen molar-refractivity contribution in [2.45, 2.75) is 50.6 Å². The SMILES string of the molecule is CC(C)C(Br)C(=O)NC1COC(C)(C)C1. The van der Waals surface area contributed by atoms with Crippen molar-refractivity contribution < 1.29 is 9.53 Å². The molecule has 1 fully saturated rings. The van der Waals surface area contributed by atoms with E-state index in [0.29, 0.717) is 12.5 Å². The Balaban J connectivity index is 2.40. The molecule has 1 saturated heterocycles. The molecule has 0 aromatic heterocycles. The number of amides is 1. The number of alkyl halides is 1. The van der Waals surface area contributed by atoms with Crippen molar-refractivity contribution in [3.8, 4) is 0 Å². The summed E-state index contributed by atoms with van der Waals surface area (Å²) < 4.78 is 5.56. The molecule has 1 aliphatic rings. The van der Waals surface area contributed by atoms with Gasteiger partial charge < -0.3 is 10.1 Å². The standard InChI is InChI=1S/C11H20BrNO2/c1-7(2)9(12)10(14)13-8-5-11(3,4)15-6-8/h7-9H,5-6H2,1-4H3,(H,13,14). The molecule has 0 aromatic rings. The van der Waals surface area contributed by atoms with E-state index in [4.69, 9.17) is 4.74 Å². The summed E-state index contributed by atoms with van der Waals surface area (Å²) in [7, 11) is 0. The Bertz CT molecular complexity index is 241. The number of hydrogen-bond acceptors (Lipinski definition) is 2. The fraction of sp³-hybridized carbons (Fsp3) is 0.909. The molecule has 0 spiro atoms. The molecule has 1 amide bonds. The first kappa shape index (κ1) is 13.0. The number of carbonyl (C=O) groups is 1. The summed E-state index contributed by atoms with van der Waals surface area (Å²) in [5, 5.41) is 3.00. The highest BCUT2D eigenvalue weighted by Gasteiger charge is 2.33. The van der Waals surface area contributed by atoms with Gasteiger partial charge in [0.1, 0.15) is 0 Å². The molecule has 1 aliphatic heterocycles. The van der Waals surface area contributed by atoms with Gasteiger partial charge in [0, 0.05) is 0 Å². The lowest BCUT2D eigenvalue weighted by molar-refractivity contribution is -0.121. The summed E-state index contributed by atoms with van der Waals surface area (Å²) in [5.74, 6) is 0.372. The van der Waals surface area contributed by atoms with E-state index in [1.54, 1.807) is 0 Å². The highest BCUT2D eigenvalue weighted by Crippen LogP contribution is 2.24. The number of ether oxygens (including phenoxy) is 1. The predicted octanol–water partition coefficient (Wildman–Crippen LogP) is 2.09. The van der Waals surface area contributed by atoms with Gasteiger partial charge in [-0.05, 0) is 26.2 Å². The second-order valence-corrected chi connectivity index (χ2v) is 6.11. The number of rotatable bonds is 3. The quantitative estimate of drug-likeness (QED) is 0.803. The second kappa shape index (κ2) is 4.83. The van der Waals surface area contributed by atoms with E-state index >= 15 is 0 Å². The summed E-state index contributed by atoms with van der Waals surface area (Å²) in [6, 6.07) is 0.159. The third kappa shape index (κ3) is 3.76. The van der Waals surface area contributed by atoms with E-state index in [9.17, 15) is 4.79 Å². The molecule has 4 heteroatoms. The first-order chi connectivity index (χ1) is 6.82. The van der Waals surface area contributed by atoms with E-state index in [1.807, 2.05) is 27.7 Å². The van der Waals surface area contributed by atoms with Crippen molar-refractivity contribution in [2.24, 2.45) is 5.92 Å². The van der Waals surface area contributed by atoms with Crippen LogP contribution in [0.2, 0.25) is 0 Å². The minimum Gasteiger partial charge on any atom is -0.373 e. The van der Waals surface area contributed by atoms with E-state index in [0.717, 1.165) is 6.42 Å². The number of halogens is 1. The largest absolute Gasteiger partial charge is 0.373 e. The first-order valence-electron chi connectivity index (χ1n) is 5.40. The molecular formula is C11H20BrNO2. The van der Waals surface area contributed by atoms with Gasteiger partial charge in [-0.3, -0.25) is 4.79 Å². The maximum Gasteiger partial charge on any atom is 0.234 e. The van der Waals surface area contributed by atoms with Crippen LogP contribution < -0.4 is 5.32 Å². The Hall–Kier alpha value is -0.0900. The van der Waals surface area contributed by atoms with Gasteiger partial charge in [0.25, 0.3) is 0 Å². The lowest BCUT2D eigenvalue weighted by Gasteiger charge is -2.18. The molecule has 0 saturated carbocycles. The van der Waals surface area contributed by atoms with Gasteiger partial charge in [-0.1, -0.05) is 29.8 Å². The van der Waals surface area contributed by atoms with Gasteiger partial charge in [-0.15, -0.1) is 0 Å². The smallest absolute Gasteiger partial charge is 0.234 e. The summed E-state index contributed by atoms with van der Waals surface area (Å²) in [5.41, 5.74) is -0.0996. The fourth-order valence-corrected chi connectivity index (χ4v) is 1.85. The fourth-order valence-electron chi connectivity index (χ4n) is 1.71. The Morgan fingerprint density at radius 1 is 1.53 bits per heavy atom. The zero-order valence-corrected chi connectivity index (χ0v) is 11.4. The van der Waals surface area contributed by atoms with Crippen LogP contribution in [0.5, 0.6) is 0 Å². The maximum atomic E-state index is 11.7. The lowest BCUT2D eigenvalue weighted by Crippen LogP contribution is -2.41. The van der Waals surface area contributed by atoms with E-state index in [1.165, 1.54) is 0 Å². The van der Waals surface area contributed by atoms with Crippen molar-refractivity contribution in [3.05, 3.63) is 0 Å². The molecule has 1 heterocycles. The zero-order valence-electron chi connectivity index (χ0n) is 9.84. The topological polar surface area (TPSA) is 38.3 Å². The highest BCUT2D eigenvalue weighted by atomic mass is 79.9. The van der Waals surface area contributed by atoms with Gasteiger partial charge in [0.2, 0.25) is 5.91 Å². The van der Waals surface area contributed by atoms with Crippen molar-refractivity contribution in [3.63, 3.8) is 0 Å². The van der Waals surface area contributed by atoms with Crippen molar-refractivity contribution >= 4 is 21.8 Å². The van der Waals surface area contributed by atoms with Crippen LogP contribution in [0.15, 0.2) is 0 Å². The lowest BCUT2D eigenvalue weighted by atomic mass is 10.0. The molecular weight excluding hydrogens is 258 g/mol. The summed E-state index contributed by atoms with van der Waals surface area (Å²) in [6.45, 7) is 8.76. The number of hydrogen-bond donors (Lipinski definition) is 1.